The minimum absolute atomic E-state index is 0.104. The maximum Gasteiger partial charge on any atom is 0.212 e. The zero-order valence-corrected chi connectivity index (χ0v) is 17.1. The normalized spacial score (nSPS) is 29.3. The van der Waals surface area contributed by atoms with E-state index in [0.717, 1.165) is 11.3 Å². The van der Waals surface area contributed by atoms with Crippen LogP contribution >= 0.6 is 22.9 Å². The van der Waals surface area contributed by atoms with E-state index in [-0.39, 0.29) is 23.5 Å². The predicted molar refractivity (Wildman–Crippen MR) is 99.4 cm³/mol. The molecule has 2 bridgehead atoms. The lowest BCUT2D eigenvalue weighted by Gasteiger charge is -2.36. The van der Waals surface area contributed by atoms with E-state index in [0.29, 0.717) is 23.1 Å². The van der Waals surface area contributed by atoms with Crippen LogP contribution in [-0.2, 0) is 19.6 Å². The van der Waals surface area contributed by atoms with Crippen LogP contribution < -0.4 is 4.72 Å². The van der Waals surface area contributed by atoms with E-state index in [1.165, 1.54) is 18.4 Å². The first-order valence-electron chi connectivity index (χ1n) is 8.40. The number of hydrogen-bond donors (Lipinski definition) is 1. The molecule has 1 heterocycles. The Morgan fingerprint density at radius 1 is 1.44 bits per heavy atom. The highest BCUT2D eigenvalue weighted by Crippen LogP contribution is 2.64. The number of hydrogen-bond acceptors (Lipinski definition) is 5. The Labute approximate surface area is 158 Å². The van der Waals surface area contributed by atoms with Gasteiger partial charge in [-0.15, -0.1) is 11.3 Å². The molecule has 2 aliphatic carbocycles. The number of rotatable bonds is 7. The second kappa shape index (κ2) is 6.60. The van der Waals surface area contributed by atoms with Crippen LogP contribution in [-0.4, -0.2) is 33.6 Å². The molecule has 25 heavy (non-hydrogen) atoms. The third-order valence-electron chi connectivity index (χ3n) is 6.26. The summed E-state index contributed by atoms with van der Waals surface area (Å²) in [7, 11) is -2.06. The van der Waals surface area contributed by atoms with Crippen molar-refractivity contribution in [2.45, 2.75) is 39.2 Å². The first kappa shape index (κ1) is 19.3. The van der Waals surface area contributed by atoms with E-state index >= 15 is 0 Å². The molecule has 0 saturated heterocycles. The monoisotopic (exact) mass is 405 g/mol. The lowest BCUT2D eigenvalue weighted by molar-refractivity contribution is -0.128. The van der Waals surface area contributed by atoms with Crippen molar-refractivity contribution in [1.82, 2.24) is 4.72 Å². The molecule has 8 heteroatoms. The van der Waals surface area contributed by atoms with Gasteiger partial charge in [0.2, 0.25) is 10.0 Å². The number of fused-ring (bicyclic) bond motifs is 2. The first-order valence-corrected chi connectivity index (χ1v) is 11.2. The van der Waals surface area contributed by atoms with Gasteiger partial charge >= 0.3 is 0 Å². The number of carbonyl (C=O) groups is 1. The molecular formula is C17H24ClNO4S2. The summed E-state index contributed by atoms with van der Waals surface area (Å²) in [5, 5.41) is 0. The minimum atomic E-state index is -3.60. The summed E-state index contributed by atoms with van der Waals surface area (Å²) in [6.07, 6.45) is 1.71. The van der Waals surface area contributed by atoms with Gasteiger partial charge in [0.15, 0.2) is 0 Å². The Hall–Kier alpha value is -0.470. The van der Waals surface area contributed by atoms with Crippen LogP contribution in [0.1, 0.15) is 44.1 Å². The van der Waals surface area contributed by atoms with Gasteiger partial charge in [-0.1, -0.05) is 25.4 Å². The Balaban J connectivity index is 1.71. The Morgan fingerprint density at radius 2 is 2.16 bits per heavy atom. The fraction of sp³-hybridized carbons (Fsp3) is 0.706. The molecule has 0 spiro atoms. The van der Waals surface area contributed by atoms with Gasteiger partial charge in [-0.3, -0.25) is 4.79 Å². The summed E-state index contributed by atoms with van der Waals surface area (Å²) in [5.41, 5.74) is -1.01. The van der Waals surface area contributed by atoms with E-state index in [4.69, 9.17) is 16.3 Å². The zero-order valence-electron chi connectivity index (χ0n) is 14.7. The van der Waals surface area contributed by atoms with Crippen LogP contribution in [0.25, 0.3) is 0 Å². The number of Topliss-reactive ketones (excluding diaryl/α,β-unsaturated/α-hetero) is 1. The van der Waals surface area contributed by atoms with Gasteiger partial charge in [-0.2, -0.15) is 0 Å². The van der Waals surface area contributed by atoms with Crippen molar-refractivity contribution in [2.24, 2.45) is 16.7 Å². The summed E-state index contributed by atoms with van der Waals surface area (Å²) >= 11 is 7.31. The average molecular weight is 406 g/mol. The van der Waals surface area contributed by atoms with E-state index in [1.807, 2.05) is 19.9 Å². The van der Waals surface area contributed by atoms with Gasteiger partial charge in [0.25, 0.3) is 0 Å². The second-order valence-electron chi connectivity index (χ2n) is 7.64. The quantitative estimate of drug-likeness (QED) is 0.754. The van der Waals surface area contributed by atoms with Gasteiger partial charge in [0.1, 0.15) is 11.9 Å². The zero-order chi connectivity index (χ0) is 18.5. The van der Waals surface area contributed by atoms with Gasteiger partial charge in [-0.25, -0.2) is 13.1 Å². The third kappa shape index (κ3) is 3.30. The number of methoxy groups -OCH3 is 1. The summed E-state index contributed by atoms with van der Waals surface area (Å²) < 4.78 is 34.1. The molecule has 0 radical (unpaired) electrons. The van der Waals surface area contributed by atoms with Crippen LogP contribution in [0, 0.1) is 16.7 Å². The summed E-state index contributed by atoms with van der Waals surface area (Å²) in [5.74, 6) is 0.270. The maximum absolute atomic E-state index is 12.7. The fourth-order valence-electron chi connectivity index (χ4n) is 4.49. The molecule has 3 rings (SSSR count). The molecule has 5 nitrogen and oxygen atoms in total. The smallest absolute Gasteiger partial charge is 0.212 e. The van der Waals surface area contributed by atoms with Gasteiger partial charge < -0.3 is 4.74 Å². The van der Waals surface area contributed by atoms with E-state index in [9.17, 15) is 13.2 Å². The topological polar surface area (TPSA) is 72.5 Å². The number of nitrogens with one attached hydrogen (secondary N) is 1. The van der Waals surface area contributed by atoms with Crippen molar-refractivity contribution in [3.63, 3.8) is 0 Å². The number of carbonyl (C=O) groups excluding carboxylic acids is 1. The van der Waals surface area contributed by atoms with E-state index in [1.54, 1.807) is 6.07 Å². The molecule has 1 aromatic heterocycles. The molecule has 0 aliphatic heterocycles. The second-order valence-corrected chi connectivity index (χ2v) is 11.2. The van der Waals surface area contributed by atoms with Crippen molar-refractivity contribution in [1.29, 1.82) is 0 Å². The molecule has 0 amide bonds. The van der Waals surface area contributed by atoms with Gasteiger partial charge in [0, 0.05) is 30.4 Å². The molecule has 2 saturated carbocycles. The Kier molecular flexibility index (Phi) is 5.10. The van der Waals surface area contributed by atoms with Crippen molar-refractivity contribution in [2.75, 3.05) is 19.4 Å². The molecule has 140 valence electrons. The SMILES string of the molecule is COC(CNS(=O)(=O)CC12CCC(CC1=O)C2(C)C)c1ccc(Cl)s1. The summed E-state index contributed by atoms with van der Waals surface area (Å²) in [4.78, 5) is 13.4. The summed E-state index contributed by atoms with van der Waals surface area (Å²) in [6.45, 7) is 4.21. The molecular weight excluding hydrogens is 382 g/mol. The number of sulfonamides is 1. The number of ketones is 1. The van der Waals surface area contributed by atoms with Gasteiger partial charge in [-0.05, 0) is 36.3 Å². The van der Waals surface area contributed by atoms with E-state index < -0.39 is 21.5 Å². The molecule has 0 aromatic carbocycles. The van der Waals surface area contributed by atoms with Crippen LogP contribution in [0.15, 0.2) is 12.1 Å². The van der Waals surface area contributed by atoms with Crippen molar-refractivity contribution in [3.05, 3.63) is 21.3 Å². The fourth-order valence-corrected chi connectivity index (χ4v) is 7.46. The number of thiophene rings is 1. The molecule has 3 unspecified atom stereocenters. The van der Waals surface area contributed by atoms with Crippen LogP contribution in [0.5, 0.6) is 0 Å². The molecule has 2 aliphatic rings. The highest BCUT2D eigenvalue weighted by Gasteiger charge is 2.65. The standard InChI is InChI=1S/C17H24ClNO4S2/c1-16(2)11-6-7-17(16,14(20)8-11)10-25(21,22)19-9-12(23-3)13-4-5-15(18)24-13/h4-5,11-12,19H,6-10H2,1-3H3. The first-order chi connectivity index (χ1) is 11.6. The lowest BCUT2D eigenvalue weighted by atomic mass is 9.70. The lowest BCUT2D eigenvalue weighted by Crippen LogP contribution is -2.45. The number of ether oxygens (including phenoxy) is 1. The highest BCUT2D eigenvalue weighted by atomic mass is 35.5. The van der Waals surface area contributed by atoms with Crippen LogP contribution in [0.2, 0.25) is 4.34 Å². The number of halogens is 1. The van der Waals surface area contributed by atoms with E-state index in [2.05, 4.69) is 4.72 Å². The molecule has 1 N–H and O–H groups in total. The van der Waals surface area contributed by atoms with Crippen molar-refractivity contribution < 1.29 is 17.9 Å². The van der Waals surface area contributed by atoms with Crippen LogP contribution in [0.4, 0.5) is 0 Å². The molecule has 1 aromatic rings. The summed E-state index contributed by atoms with van der Waals surface area (Å²) in [6, 6.07) is 3.60. The third-order valence-corrected chi connectivity index (χ3v) is 9.06. The Morgan fingerprint density at radius 3 is 2.64 bits per heavy atom. The Bertz CT molecular complexity index is 773. The minimum Gasteiger partial charge on any atom is -0.375 e. The molecule has 2 fully saturated rings. The molecule has 3 atom stereocenters. The van der Waals surface area contributed by atoms with Crippen molar-refractivity contribution in [3.8, 4) is 0 Å². The predicted octanol–water partition coefficient (Wildman–Crippen LogP) is 3.40. The maximum atomic E-state index is 12.7. The van der Waals surface area contributed by atoms with Crippen LogP contribution in [0.3, 0.4) is 0 Å². The average Bonchev–Trinajstić information content (AvgIpc) is 3.09. The highest BCUT2D eigenvalue weighted by molar-refractivity contribution is 7.89. The largest absolute Gasteiger partial charge is 0.375 e. The van der Waals surface area contributed by atoms with Gasteiger partial charge in [0.05, 0.1) is 10.1 Å². The van der Waals surface area contributed by atoms with Crippen molar-refractivity contribution >= 4 is 38.7 Å².